The van der Waals surface area contributed by atoms with Crippen molar-refractivity contribution in [3.05, 3.63) is 23.8 Å². The monoisotopic (exact) mass is 379 g/mol. The van der Waals surface area contributed by atoms with Gasteiger partial charge in [0, 0.05) is 12.8 Å². The summed E-state index contributed by atoms with van der Waals surface area (Å²) < 4.78 is 15.4. The third-order valence-electron chi connectivity index (χ3n) is 3.57. The molecule has 0 amide bonds. The molecule has 1 aromatic carbocycles. The van der Waals surface area contributed by atoms with Crippen LogP contribution < -0.4 is 15.2 Å². The number of rotatable bonds is 9. The van der Waals surface area contributed by atoms with Crippen LogP contribution in [0.5, 0.6) is 11.5 Å². The summed E-state index contributed by atoms with van der Waals surface area (Å²) in [7, 11) is 1.26. The molecule has 0 fully saturated rings. The van der Waals surface area contributed by atoms with Gasteiger partial charge in [-0.25, -0.2) is 0 Å². The third kappa shape index (κ3) is 8.21. The highest BCUT2D eigenvalue weighted by atomic mass is 16.6. The van der Waals surface area contributed by atoms with Crippen LogP contribution in [-0.2, 0) is 25.5 Å². The summed E-state index contributed by atoms with van der Waals surface area (Å²) in [5, 5.41) is 0. The first-order chi connectivity index (χ1) is 12.6. The SMILES string of the molecule is COC(=O)[C@@H](N)Cc1ccc(OC(=O)CC(C)C)c(OC(=O)CC(C)C)c1. The number of hydrogen-bond donors (Lipinski definition) is 1. The maximum atomic E-state index is 12.1. The summed E-state index contributed by atoms with van der Waals surface area (Å²) in [6.07, 6.45) is 0.668. The molecule has 0 saturated carbocycles. The van der Waals surface area contributed by atoms with Crippen molar-refractivity contribution < 1.29 is 28.6 Å². The molecule has 150 valence electrons. The zero-order valence-electron chi connectivity index (χ0n) is 16.6. The zero-order valence-corrected chi connectivity index (χ0v) is 16.6. The van der Waals surface area contributed by atoms with E-state index in [1.54, 1.807) is 12.1 Å². The Morgan fingerprint density at radius 1 is 0.926 bits per heavy atom. The summed E-state index contributed by atoms with van der Waals surface area (Å²) in [5.74, 6) is -0.825. The van der Waals surface area contributed by atoms with E-state index in [1.807, 2.05) is 27.7 Å². The number of carbonyl (C=O) groups is 3. The number of hydrogen-bond acceptors (Lipinski definition) is 7. The maximum absolute atomic E-state index is 12.1. The van der Waals surface area contributed by atoms with Crippen LogP contribution in [0.15, 0.2) is 18.2 Å². The van der Waals surface area contributed by atoms with E-state index in [0.29, 0.717) is 5.56 Å². The van der Waals surface area contributed by atoms with Crippen molar-refractivity contribution >= 4 is 17.9 Å². The fraction of sp³-hybridized carbons (Fsp3) is 0.550. The van der Waals surface area contributed by atoms with Gasteiger partial charge in [-0.15, -0.1) is 0 Å². The predicted octanol–water partition coefficient (Wildman–Crippen LogP) is 2.63. The number of benzene rings is 1. The van der Waals surface area contributed by atoms with Crippen molar-refractivity contribution in [1.82, 2.24) is 0 Å². The molecule has 1 atom stereocenters. The number of carbonyl (C=O) groups excluding carboxylic acids is 3. The van der Waals surface area contributed by atoms with Crippen LogP contribution in [0.1, 0.15) is 46.1 Å². The molecule has 1 rings (SSSR count). The van der Waals surface area contributed by atoms with E-state index in [1.165, 1.54) is 13.2 Å². The summed E-state index contributed by atoms with van der Waals surface area (Å²) in [4.78, 5) is 35.6. The second kappa shape index (κ2) is 10.7. The van der Waals surface area contributed by atoms with Gasteiger partial charge < -0.3 is 19.9 Å². The van der Waals surface area contributed by atoms with E-state index in [0.717, 1.165) is 0 Å². The summed E-state index contributed by atoms with van der Waals surface area (Å²) in [6.45, 7) is 7.61. The average molecular weight is 379 g/mol. The van der Waals surface area contributed by atoms with Crippen molar-refractivity contribution in [2.75, 3.05) is 7.11 Å². The zero-order chi connectivity index (χ0) is 20.6. The molecule has 0 unspecified atom stereocenters. The molecule has 7 nitrogen and oxygen atoms in total. The Morgan fingerprint density at radius 3 is 1.93 bits per heavy atom. The molecule has 2 N–H and O–H groups in total. The molecule has 0 aromatic heterocycles. The molecule has 0 radical (unpaired) electrons. The van der Waals surface area contributed by atoms with Gasteiger partial charge in [-0.05, 0) is 36.0 Å². The summed E-state index contributed by atoms with van der Waals surface area (Å²) >= 11 is 0. The van der Waals surface area contributed by atoms with Crippen LogP contribution in [-0.4, -0.2) is 31.1 Å². The lowest BCUT2D eigenvalue weighted by Crippen LogP contribution is -2.33. The normalized spacial score (nSPS) is 12.0. The first-order valence-corrected chi connectivity index (χ1v) is 9.00. The topological polar surface area (TPSA) is 105 Å². The van der Waals surface area contributed by atoms with Crippen LogP contribution >= 0.6 is 0 Å². The van der Waals surface area contributed by atoms with Gasteiger partial charge in [0.15, 0.2) is 11.5 Å². The number of ether oxygens (including phenoxy) is 3. The molecule has 0 aliphatic rings. The third-order valence-corrected chi connectivity index (χ3v) is 3.57. The first kappa shape index (κ1) is 22.6. The quantitative estimate of drug-likeness (QED) is 0.519. The molecular weight excluding hydrogens is 350 g/mol. The van der Waals surface area contributed by atoms with Crippen molar-refractivity contribution in [3.8, 4) is 11.5 Å². The average Bonchev–Trinajstić information content (AvgIpc) is 2.54. The molecule has 7 heteroatoms. The lowest BCUT2D eigenvalue weighted by Gasteiger charge is -2.15. The standard InChI is InChI=1S/C20H29NO6/c1-12(2)8-18(22)26-16-7-6-14(10-15(21)20(24)25-5)11-17(16)27-19(23)9-13(3)4/h6-7,11-13,15H,8-10,21H2,1-5H3/t15-/m0/s1. The van der Waals surface area contributed by atoms with Gasteiger partial charge in [0.05, 0.1) is 7.11 Å². The van der Waals surface area contributed by atoms with E-state index >= 15 is 0 Å². The Kier molecular flexibility index (Phi) is 8.94. The van der Waals surface area contributed by atoms with Gasteiger partial charge in [-0.3, -0.25) is 14.4 Å². The minimum atomic E-state index is -0.844. The number of esters is 3. The fourth-order valence-electron chi connectivity index (χ4n) is 2.33. The second-order valence-electron chi connectivity index (χ2n) is 7.26. The van der Waals surface area contributed by atoms with Crippen molar-refractivity contribution in [2.24, 2.45) is 17.6 Å². The Balaban J connectivity index is 3.04. The fourth-order valence-corrected chi connectivity index (χ4v) is 2.33. The van der Waals surface area contributed by atoms with Gasteiger partial charge in [-0.2, -0.15) is 0 Å². The minimum absolute atomic E-state index is 0.125. The molecule has 0 saturated heterocycles. The molecule has 0 bridgehead atoms. The van der Waals surface area contributed by atoms with Crippen LogP contribution in [0.25, 0.3) is 0 Å². The Bertz CT molecular complexity index is 668. The second-order valence-corrected chi connectivity index (χ2v) is 7.26. The highest BCUT2D eigenvalue weighted by Gasteiger charge is 2.19. The molecule has 0 heterocycles. The van der Waals surface area contributed by atoms with E-state index in [2.05, 4.69) is 4.74 Å². The van der Waals surface area contributed by atoms with Crippen molar-refractivity contribution in [1.29, 1.82) is 0 Å². The first-order valence-electron chi connectivity index (χ1n) is 9.00. The highest BCUT2D eigenvalue weighted by molar-refractivity contribution is 5.77. The van der Waals surface area contributed by atoms with E-state index < -0.39 is 23.9 Å². The Morgan fingerprint density at radius 2 is 1.44 bits per heavy atom. The maximum Gasteiger partial charge on any atom is 0.322 e. The highest BCUT2D eigenvalue weighted by Crippen LogP contribution is 2.30. The van der Waals surface area contributed by atoms with Gasteiger partial charge in [-0.1, -0.05) is 33.8 Å². The Labute approximate surface area is 160 Å². The van der Waals surface area contributed by atoms with E-state index in [-0.39, 0.29) is 42.6 Å². The van der Waals surface area contributed by atoms with Crippen molar-refractivity contribution in [3.63, 3.8) is 0 Å². The van der Waals surface area contributed by atoms with E-state index in [9.17, 15) is 14.4 Å². The van der Waals surface area contributed by atoms with Crippen LogP contribution in [0.2, 0.25) is 0 Å². The van der Waals surface area contributed by atoms with Gasteiger partial charge >= 0.3 is 17.9 Å². The van der Waals surface area contributed by atoms with Crippen LogP contribution in [0.4, 0.5) is 0 Å². The number of nitrogens with two attached hydrogens (primary N) is 1. The predicted molar refractivity (Wildman–Crippen MR) is 100 cm³/mol. The van der Waals surface area contributed by atoms with Crippen molar-refractivity contribution in [2.45, 2.75) is 53.0 Å². The summed E-state index contributed by atoms with van der Waals surface area (Å²) in [5.41, 5.74) is 6.44. The van der Waals surface area contributed by atoms with E-state index in [4.69, 9.17) is 15.2 Å². The van der Waals surface area contributed by atoms with Crippen LogP contribution in [0.3, 0.4) is 0 Å². The number of methoxy groups -OCH3 is 1. The lowest BCUT2D eigenvalue weighted by molar-refractivity contribution is -0.142. The Hall–Kier alpha value is -2.41. The smallest absolute Gasteiger partial charge is 0.322 e. The largest absolute Gasteiger partial charge is 0.468 e. The molecule has 0 spiro atoms. The summed E-state index contributed by atoms with van der Waals surface area (Å²) in [6, 6.07) is 3.92. The molecular formula is C20H29NO6. The molecule has 0 aliphatic heterocycles. The van der Waals surface area contributed by atoms with Gasteiger partial charge in [0.2, 0.25) is 0 Å². The molecule has 1 aromatic rings. The van der Waals surface area contributed by atoms with Gasteiger partial charge in [0.25, 0.3) is 0 Å². The van der Waals surface area contributed by atoms with Gasteiger partial charge in [0.1, 0.15) is 6.04 Å². The van der Waals surface area contributed by atoms with Crippen LogP contribution in [0, 0.1) is 11.8 Å². The molecule has 0 aliphatic carbocycles. The lowest BCUT2D eigenvalue weighted by atomic mass is 10.1. The molecule has 27 heavy (non-hydrogen) atoms. The minimum Gasteiger partial charge on any atom is -0.468 e.